The molecule has 12 heavy (non-hydrogen) atoms. The van der Waals surface area contributed by atoms with Crippen LogP contribution in [0, 0.1) is 5.92 Å². The molecule has 0 spiro atoms. The molecule has 1 rings (SSSR count). The lowest BCUT2D eigenvalue weighted by molar-refractivity contribution is 0.0770. The van der Waals surface area contributed by atoms with Crippen LogP contribution in [0.5, 0.6) is 0 Å². The molecule has 0 heterocycles. The van der Waals surface area contributed by atoms with Crippen LogP contribution in [0.3, 0.4) is 0 Å². The maximum Gasteiger partial charge on any atom is 0.0837 e. The highest BCUT2D eigenvalue weighted by molar-refractivity contribution is 5.17. The Balaban J connectivity index is 2.71. The highest BCUT2D eigenvalue weighted by Gasteiger charge is 2.14. The summed E-state index contributed by atoms with van der Waals surface area (Å²) >= 11 is 0. The van der Waals surface area contributed by atoms with Gasteiger partial charge in [0.1, 0.15) is 0 Å². The van der Waals surface area contributed by atoms with Crippen LogP contribution in [0.1, 0.15) is 18.6 Å². The number of benzene rings is 1. The summed E-state index contributed by atoms with van der Waals surface area (Å²) in [7, 11) is 0. The first-order valence-corrected chi connectivity index (χ1v) is 4.09. The number of hydrogen-bond acceptors (Lipinski definition) is 2. The number of hydrogen-bond donors (Lipinski definition) is 2. The molecule has 0 saturated heterocycles. The standard InChI is InChI=1S/C10H14O2/c1-8(7-11)10(12)9-5-3-2-4-6-9/h2-6,8,10-12H,7H2,1H3/t8-,10-/m0/s1. The van der Waals surface area contributed by atoms with E-state index in [1.165, 1.54) is 0 Å². The van der Waals surface area contributed by atoms with Crippen LogP contribution in [0.25, 0.3) is 0 Å². The molecule has 0 saturated carbocycles. The fourth-order valence-electron chi connectivity index (χ4n) is 1.08. The van der Waals surface area contributed by atoms with Crippen molar-refractivity contribution in [2.24, 2.45) is 5.92 Å². The van der Waals surface area contributed by atoms with E-state index in [2.05, 4.69) is 0 Å². The van der Waals surface area contributed by atoms with Crippen molar-refractivity contribution in [1.82, 2.24) is 0 Å². The largest absolute Gasteiger partial charge is 0.396 e. The Morgan fingerprint density at radius 1 is 1.25 bits per heavy atom. The SMILES string of the molecule is C[C@@H](CO)[C@H](O)c1ccccc1. The van der Waals surface area contributed by atoms with Gasteiger partial charge < -0.3 is 10.2 Å². The smallest absolute Gasteiger partial charge is 0.0837 e. The van der Waals surface area contributed by atoms with Crippen LogP contribution in [0.4, 0.5) is 0 Å². The van der Waals surface area contributed by atoms with Gasteiger partial charge in [-0.05, 0) is 5.56 Å². The third-order valence-corrected chi connectivity index (χ3v) is 1.97. The van der Waals surface area contributed by atoms with Gasteiger partial charge in [-0.25, -0.2) is 0 Å². The van der Waals surface area contributed by atoms with E-state index in [-0.39, 0.29) is 12.5 Å². The molecule has 2 nitrogen and oxygen atoms in total. The molecule has 0 radical (unpaired) electrons. The van der Waals surface area contributed by atoms with E-state index in [9.17, 15) is 5.11 Å². The Morgan fingerprint density at radius 2 is 1.83 bits per heavy atom. The molecule has 1 aromatic carbocycles. The van der Waals surface area contributed by atoms with Gasteiger partial charge in [0.15, 0.2) is 0 Å². The molecule has 0 aliphatic carbocycles. The first-order chi connectivity index (χ1) is 5.75. The summed E-state index contributed by atoms with van der Waals surface area (Å²) in [4.78, 5) is 0. The molecular formula is C10H14O2. The Morgan fingerprint density at radius 3 is 2.33 bits per heavy atom. The Kier molecular flexibility index (Phi) is 3.26. The second kappa shape index (κ2) is 4.24. The molecule has 0 aromatic heterocycles. The van der Waals surface area contributed by atoms with Crippen molar-refractivity contribution in [1.29, 1.82) is 0 Å². The predicted molar refractivity (Wildman–Crippen MR) is 47.7 cm³/mol. The summed E-state index contributed by atoms with van der Waals surface area (Å²) in [5.41, 5.74) is 0.860. The molecule has 2 N–H and O–H groups in total. The first kappa shape index (κ1) is 9.23. The molecule has 2 heteroatoms. The molecule has 66 valence electrons. The first-order valence-electron chi connectivity index (χ1n) is 4.09. The number of aliphatic hydroxyl groups excluding tert-OH is 2. The summed E-state index contributed by atoms with van der Waals surface area (Å²) in [5, 5.41) is 18.4. The van der Waals surface area contributed by atoms with E-state index >= 15 is 0 Å². The van der Waals surface area contributed by atoms with Crippen molar-refractivity contribution in [3.05, 3.63) is 35.9 Å². The molecule has 0 bridgehead atoms. The second-order valence-electron chi connectivity index (χ2n) is 3.02. The lowest BCUT2D eigenvalue weighted by atomic mass is 9.98. The summed E-state index contributed by atoms with van der Waals surface area (Å²) in [6.07, 6.45) is -0.559. The third-order valence-electron chi connectivity index (χ3n) is 1.97. The van der Waals surface area contributed by atoms with Gasteiger partial charge in [-0.1, -0.05) is 37.3 Å². The van der Waals surface area contributed by atoms with Gasteiger partial charge in [0.2, 0.25) is 0 Å². The van der Waals surface area contributed by atoms with Crippen LogP contribution < -0.4 is 0 Å². The Hall–Kier alpha value is -0.860. The molecule has 1 aromatic rings. The zero-order chi connectivity index (χ0) is 8.97. The Bertz CT molecular complexity index is 221. The topological polar surface area (TPSA) is 40.5 Å². The van der Waals surface area contributed by atoms with E-state index in [0.29, 0.717) is 0 Å². The van der Waals surface area contributed by atoms with E-state index in [1.807, 2.05) is 37.3 Å². The second-order valence-corrected chi connectivity index (χ2v) is 3.02. The van der Waals surface area contributed by atoms with Crippen LogP contribution in [0.15, 0.2) is 30.3 Å². The van der Waals surface area contributed by atoms with Crippen molar-refractivity contribution in [2.45, 2.75) is 13.0 Å². The van der Waals surface area contributed by atoms with Crippen LogP contribution in [0.2, 0.25) is 0 Å². The van der Waals surface area contributed by atoms with Gasteiger partial charge in [-0.2, -0.15) is 0 Å². The Labute approximate surface area is 72.5 Å². The fraction of sp³-hybridized carbons (Fsp3) is 0.400. The monoisotopic (exact) mass is 166 g/mol. The van der Waals surface area contributed by atoms with Crippen molar-refractivity contribution in [2.75, 3.05) is 6.61 Å². The van der Waals surface area contributed by atoms with Crippen molar-refractivity contribution in [3.8, 4) is 0 Å². The average Bonchev–Trinajstić information content (AvgIpc) is 2.17. The van der Waals surface area contributed by atoms with E-state index < -0.39 is 6.10 Å². The van der Waals surface area contributed by atoms with Crippen molar-refractivity contribution < 1.29 is 10.2 Å². The number of rotatable bonds is 3. The molecule has 0 amide bonds. The van der Waals surface area contributed by atoms with Crippen molar-refractivity contribution in [3.63, 3.8) is 0 Å². The fourth-order valence-corrected chi connectivity index (χ4v) is 1.08. The van der Waals surface area contributed by atoms with Crippen LogP contribution >= 0.6 is 0 Å². The maximum atomic E-state index is 9.63. The summed E-state index contributed by atoms with van der Waals surface area (Å²) in [5.74, 6) is -0.104. The lowest BCUT2D eigenvalue weighted by Crippen LogP contribution is -2.12. The van der Waals surface area contributed by atoms with Crippen LogP contribution in [-0.2, 0) is 0 Å². The van der Waals surface area contributed by atoms with E-state index in [4.69, 9.17) is 5.11 Å². The van der Waals surface area contributed by atoms with E-state index in [0.717, 1.165) is 5.56 Å². The van der Waals surface area contributed by atoms with Crippen molar-refractivity contribution >= 4 is 0 Å². The van der Waals surface area contributed by atoms with Gasteiger partial charge in [-0.15, -0.1) is 0 Å². The third kappa shape index (κ3) is 2.06. The molecule has 0 aliphatic heterocycles. The summed E-state index contributed by atoms with van der Waals surface area (Å²) in [6, 6.07) is 9.37. The van der Waals surface area contributed by atoms with Gasteiger partial charge in [-0.3, -0.25) is 0 Å². The minimum atomic E-state index is -0.559. The maximum absolute atomic E-state index is 9.63. The molecule has 0 aliphatic rings. The zero-order valence-electron chi connectivity index (χ0n) is 7.14. The highest BCUT2D eigenvalue weighted by Crippen LogP contribution is 2.20. The molecule has 2 atom stereocenters. The van der Waals surface area contributed by atoms with E-state index in [1.54, 1.807) is 0 Å². The van der Waals surface area contributed by atoms with Crippen LogP contribution in [-0.4, -0.2) is 16.8 Å². The number of aliphatic hydroxyl groups is 2. The minimum Gasteiger partial charge on any atom is -0.396 e. The summed E-state index contributed by atoms with van der Waals surface area (Å²) in [6.45, 7) is 1.83. The summed E-state index contributed by atoms with van der Waals surface area (Å²) < 4.78 is 0. The zero-order valence-corrected chi connectivity index (χ0v) is 7.14. The molecule has 0 fully saturated rings. The van der Waals surface area contributed by atoms with Gasteiger partial charge in [0, 0.05) is 12.5 Å². The van der Waals surface area contributed by atoms with Gasteiger partial charge in [0.25, 0.3) is 0 Å². The quantitative estimate of drug-likeness (QED) is 0.711. The minimum absolute atomic E-state index is 0.00998. The predicted octanol–water partition coefficient (Wildman–Crippen LogP) is 1.35. The van der Waals surface area contributed by atoms with Gasteiger partial charge >= 0.3 is 0 Å². The normalized spacial score (nSPS) is 15.6. The lowest BCUT2D eigenvalue weighted by Gasteiger charge is -2.16. The van der Waals surface area contributed by atoms with Gasteiger partial charge in [0.05, 0.1) is 6.10 Å². The molecular weight excluding hydrogens is 152 g/mol. The average molecular weight is 166 g/mol. The molecule has 0 unspecified atom stereocenters. The highest BCUT2D eigenvalue weighted by atomic mass is 16.3.